The summed E-state index contributed by atoms with van der Waals surface area (Å²) in [6, 6.07) is -0.683. The summed E-state index contributed by atoms with van der Waals surface area (Å²) in [5.74, 6) is -1.84. The SMILES string of the molecule is CC(C)(C)CC(C)(C)N1CC=C[C@]23S[C@]4(C)C=CCOC(=O)[C@@H]4[C@H]2C(=O)N(CCCCCO)C3C1=O. The number of rotatable bonds is 7. The van der Waals surface area contributed by atoms with Gasteiger partial charge in [-0.1, -0.05) is 39.0 Å². The van der Waals surface area contributed by atoms with Crippen molar-refractivity contribution in [2.45, 2.75) is 88.3 Å². The van der Waals surface area contributed by atoms with Gasteiger partial charge in [-0.25, -0.2) is 0 Å². The zero-order chi connectivity index (χ0) is 26.5. The Morgan fingerprint density at radius 1 is 1.03 bits per heavy atom. The van der Waals surface area contributed by atoms with E-state index in [4.69, 9.17) is 4.74 Å². The second-order valence-electron chi connectivity index (χ2n) is 12.7. The summed E-state index contributed by atoms with van der Waals surface area (Å²) in [7, 11) is 0. The molecule has 2 saturated heterocycles. The maximum absolute atomic E-state index is 14.5. The van der Waals surface area contributed by atoms with Gasteiger partial charge in [0, 0.05) is 30.0 Å². The Hall–Kier alpha value is -1.80. The van der Waals surface area contributed by atoms with Crippen LogP contribution in [0.1, 0.15) is 67.2 Å². The van der Waals surface area contributed by atoms with Crippen LogP contribution in [-0.2, 0) is 19.1 Å². The Morgan fingerprint density at radius 2 is 1.75 bits per heavy atom. The number of hydrogen-bond acceptors (Lipinski definition) is 6. The van der Waals surface area contributed by atoms with Crippen LogP contribution in [0.15, 0.2) is 24.3 Å². The molecular weight excluding hydrogens is 476 g/mol. The second-order valence-corrected chi connectivity index (χ2v) is 14.5. The van der Waals surface area contributed by atoms with Crippen LogP contribution in [-0.4, -0.2) is 80.1 Å². The number of ether oxygens (including phenoxy) is 1. The van der Waals surface area contributed by atoms with Gasteiger partial charge >= 0.3 is 5.97 Å². The molecule has 0 aromatic carbocycles. The topological polar surface area (TPSA) is 87.2 Å². The average Bonchev–Trinajstić information content (AvgIpc) is 2.99. The van der Waals surface area contributed by atoms with Gasteiger partial charge in [0.1, 0.15) is 12.6 Å². The molecule has 1 spiro atoms. The van der Waals surface area contributed by atoms with Crippen molar-refractivity contribution >= 4 is 29.5 Å². The number of carbonyl (C=O) groups excluding carboxylic acids is 3. The van der Waals surface area contributed by atoms with Crippen LogP contribution in [0.3, 0.4) is 0 Å². The fourth-order valence-corrected chi connectivity index (χ4v) is 9.26. The highest BCUT2D eigenvalue weighted by Crippen LogP contribution is 2.65. The monoisotopic (exact) mass is 518 g/mol. The van der Waals surface area contributed by atoms with E-state index < -0.39 is 32.9 Å². The molecule has 2 fully saturated rings. The summed E-state index contributed by atoms with van der Waals surface area (Å²) in [6.07, 6.45) is 10.9. The Labute approximate surface area is 219 Å². The number of unbranched alkanes of at least 4 members (excludes halogenated alkanes) is 2. The number of thioether (sulfide) groups is 1. The first-order chi connectivity index (χ1) is 16.8. The van der Waals surface area contributed by atoms with Crippen molar-refractivity contribution in [3.8, 4) is 0 Å². The Morgan fingerprint density at radius 3 is 2.42 bits per heavy atom. The summed E-state index contributed by atoms with van der Waals surface area (Å²) in [4.78, 5) is 45.5. The van der Waals surface area contributed by atoms with E-state index >= 15 is 0 Å². The number of hydrogen-bond donors (Lipinski definition) is 1. The third-order valence-electron chi connectivity index (χ3n) is 8.06. The number of esters is 1. The third-order valence-corrected chi connectivity index (χ3v) is 9.86. The van der Waals surface area contributed by atoms with Gasteiger partial charge in [-0.15, -0.1) is 11.8 Å². The van der Waals surface area contributed by atoms with Crippen molar-refractivity contribution in [3.63, 3.8) is 0 Å². The Balaban J connectivity index is 1.79. The summed E-state index contributed by atoms with van der Waals surface area (Å²) < 4.78 is 4.03. The van der Waals surface area contributed by atoms with Crippen LogP contribution >= 0.6 is 11.8 Å². The molecule has 0 aromatic heterocycles. The molecule has 0 bridgehead atoms. The molecule has 0 aromatic rings. The van der Waals surface area contributed by atoms with Crippen molar-refractivity contribution in [2.75, 3.05) is 26.3 Å². The van der Waals surface area contributed by atoms with E-state index in [1.54, 1.807) is 16.7 Å². The van der Waals surface area contributed by atoms with E-state index in [9.17, 15) is 19.5 Å². The first-order valence-electron chi connectivity index (χ1n) is 13.2. The minimum absolute atomic E-state index is 0.0207. The molecule has 8 heteroatoms. The molecule has 4 rings (SSSR count). The first-order valence-corrected chi connectivity index (χ1v) is 14.0. The number of carbonyl (C=O) groups is 3. The third kappa shape index (κ3) is 4.53. The Bertz CT molecular complexity index is 969. The standard InChI is InChI=1S/C28H42N2O5S/c1-25(2,3)18-26(4,5)30-15-10-13-28-19(20-24(34)35-17-11-12-27(20,6)36-28)22(32)29(21(28)23(30)33)14-8-7-9-16-31/h10-13,19-21,31H,7-9,14-18H2,1-6H3/t19-,20-,21?,27+,28-/m0/s1. The molecule has 4 aliphatic heterocycles. The van der Waals surface area contributed by atoms with Crippen LogP contribution in [0.25, 0.3) is 0 Å². The van der Waals surface area contributed by atoms with Gasteiger partial charge in [-0.2, -0.15) is 0 Å². The van der Waals surface area contributed by atoms with E-state index in [0.29, 0.717) is 25.9 Å². The van der Waals surface area contributed by atoms with Crippen molar-refractivity contribution in [3.05, 3.63) is 24.3 Å². The normalized spacial score (nSPS) is 34.3. The average molecular weight is 519 g/mol. The predicted octanol–water partition coefficient (Wildman–Crippen LogP) is 3.56. The van der Waals surface area contributed by atoms with E-state index in [1.165, 1.54) is 0 Å². The summed E-state index contributed by atoms with van der Waals surface area (Å²) in [5, 5.41) is 9.23. The van der Waals surface area contributed by atoms with E-state index in [-0.39, 0.29) is 36.4 Å². The zero-order valence-corrected chi connectivity index (χ0v) is 23.4. The number of aliphatic hydroxyl groups excluding tert-OH is 1. The van der Waals surface area contributed by atoms with Gasteiger partial charge in [0.05, 0.1) is 16.6 Å². The summed E-state index contributed by atoms with van der Waals surface area (Å²) in [6.45, 7) is 14.0. The van der Waals surface area contributed by atoms with E-state index in [0.717, 1.165) is 12.8 Å². The first kappa shape index (κ1) is 27.2. The van der Waals surface area contributed by atoms with Crippen LogP contribution in [0.4, 0.5) is 0 Å². The van der Waals surface area contributed by atoms with Crippen LogP contribution < -0.4 is 0 Å². The molecule has 200 valence electrons. The van der Waals surface area contributed by atoms with Crippen molar-refractivity contribution in [1.82, 2.24) is 9.80 Å². The lowest BCUT2D eigenvalue weighted by molar-refractivity contribution is -0.152. The predicted molar refractivity (Wildman–Crippen MR) is 141 cm³/mol. The van der Waals surface area contributed by atoms with Crippen LogP contribution in [0, 0.1) is 17.3 Å². The molecular formula is C28H42N2O5S. The minimum Gasteiger partial charge on any atom is -0.461 e. The lowest BCUT2D eigenvalue weighted by Gasteiger charge is -2.44. The van der Waals surface area contributed by atoms with Gasteiger partial charge in [-0.05, 0) is 57.9 Å². The lowest BCUT2D eigenvalue weighted by atomic mass is 9.74. The number of amides is 2. The summed E-state index contributed by atoms with van der Waals surface area (Å²) in [5.41, 5.74) is -0.391. The number of fused-ring (bicyclic) bond motifs is 2. The van der Waals surface area contributed by atoms with Gasteiger partial charge in [0.25, 0.3) is 0 Å². The van der Waals surface area contributed by atoms with E-state index in [1.807, 2.05) is 30.1 Å². The van der Waals surface area contributed by atoms with Gasteiger partial charge < -0.3 is 19.6 Å². The molecule has 36 heavy (non-hydrogen) atoms. The molecule has 0 radical (unpaired) electrons. The molecule has 5 atom stereocenters. The van der Waals surface area contributed by atoms with Crippen molar-refractivity contribution in [2.24, 2.45) is 17.3 Å². The fourth-order valence-electron chi connectivity index (χ4n) is 7.10. The second kappa shape index (κ2) is 9.50. The number of likely N-dealkylation sites (tertiary alicyclic amines) is 1. The van der Waals surface area contributed by atoms with Gasteiger partial charge in [0.2, 0.25) is 11.8 Å². The van der Waals surface area contributed by atoms with Gasteiger partial charge in [-0.3, -0.25) is 14.4 Å². The molecule has 0 saturated carbocycles. The highest BCUT2D eigenvalue weighted by atomic mass is 32.2. The number of cyclic esters (lactones) is 1. The molecule has 1 unspecified atom stereocenters. The maximum atomic E-state index is 14.5. The smallest absolute Gasteiger partial charge is 0.311 e. The molecule has 4 heterocycles. The fraction of sp³-hybridized carbons (Fsp3) is 0.750. The van der Waals surface area contributed by atoms with E-state index in [2.05, 4.69) is 40.7 Å². The molecule has 4 aliphatic rings. The zero-order valence-electron chi connectivity index (χ0n) is 22.6. The number of aliphatic hydroxyl groups is 1. The summed E-state index contributed by atoms with van der Waals surface area (Å²) >= 11 is 1.59. The van der Waals surface area contributed by atoms with Gasteiger partial charge in [0.15, 0.2) is 0 Å². The Kier molecular flexibility index (Phi) is 7.19. The minimum atomic E-state index is -0.835. The highest BCUT2D eigenvalue weighted by molar-refractivity contribution is 8.02. The molecule has 2 amide bonds. The maximum Gasteiger partial charge on any atom is 0.311 e. The molecule has 1 N–H and O–H groups in total. The van der Waals surface area contributed by atoms with Crippen molar-refractivity contribution < 1.29 is 24.2 Å². The molecule has 7 nitrogen and oxygen atoms in total. The van der Waals surface area contributed by atoms with Crippen molar-refractivity contribution in [1.29, 1.82) is 0 Å². The highest BCUT2D eigenvalue weighted by Gasteiger charge is 2.74. The lowest BCUT2D eigenvalue weighted by Crippen LogP contribution is -2.58. The molecule has 0 aliphatic carbocycles. The largest absolute Gasteiger partial charge is 0.461 e. The van der Waals surface area contributed by atoms with Crippen LogP contribution in [0.2, 0.25) is 0 Å². The van der Waals surface area contributed by atoms with Crippen LogP contribution in [0.5, 0.6) is 0 Å². The quantitative estimate of drug-likeness (QED) is 0.315. The number of nitrogens with zero attached hydrogens (tertiary/aromatic N) is 2.